The van der Waals surface area contributed by atoms with Gasteiger partial charge in [0.2, 0.25) is 0 Å². The third-order valence-electron chi connectivity index (χ3n) is 9.89. The standard InChI is InChI=1S/C40H81/c1-9-10-11-12-13-14-15-16-17-18-19-20-21-22-23-24-25-26-27-28-29-34-40(7,8)35-37(4)31-33-39(6)38(5)32-30-36(2)3/h36-39H,6,9-35H2,1-5,7-8H3. The summed E-state index contributed by atoms with van der Waals surface area (Å²) in [7, 11) is 0. The van der Waals surface area contributed by atoms with Crippen LogP contribution in [0.5, 0.6) is 0 Å². The van der Waals surface area contributed by atoms with Gasteiger partial charge in [0.25, 0.3) is 0 Å². The number of hydrogen-bond donors (Lipinski definition) is 0. The van der Waals surface area contributed by atoms with Crippen LogP contribution in [0.25, 0.3) is 0 Å². The second-order valence-electron chi connectivity index (χ2n) is 15.6. The zero-order valence-corrected chi connectivity index (χ0v) is 29.6. The van der Waals surface area contributed by atoms with Gasteiger partial charge in [-0.15, -0.1) is 0 Å². The van der Waals surface area contributed by atoms with Gasteiger partial charge in [-0.05, 0) is 55.3 Å². The van der Waals surface area contributed by atoms with E-state index in [2.05, 4.69) is 55.4 Å². The van der Waals surface area contributed by atoms with Crippen LogP contribution in [0.2, 0.25) is 0 Å². The van der Waals surface area contributed by atoms with E-state index in [4.69, 9.17) is 0 Å². The van der Waals surface area contributed by atoms with Gasteiger partial charge in [-0.3, -0.25) is 0 Å². The molecule has 0 fully saturated rings. The highest BCUT2D eigenvalue weighted by atomic mass is 14.3. The van der Waals surface area contributed by atoms with Crippen molar-refractivity contribution in [2.45, 2.75) is 222 Å². The van der Waals surface area contributed by atoms with E-state index in [0.717, 1.165) is 17.8 Å². The van der Waals surface area contributed by atoms with Crippen molar-refractivity contribution in [3.63, 3.8) is 0 Å². The van der Waals surface area contributed by atoms with Crippen molar-refractivity contribution >= 4 is 0 Å². The zero-order chi connectivity index (χ0) is 29.9. The molecule has 0 N–H and O–H groups in total. The van der Waals surface area contributed by atoms with Crippen LogP contribution in [0.3, 0.4) is 0 Å². The summed E-state index contributed by atoms with van der Waals surface area (Å²) in [6.07, 6.45) is 39.0. The Labute approximate surface area is 257 Å². The van der Waals surface area contributed by atoms with Gasteiger partial charge < -0.3 is 0 Å². The molecule has 0 heterocycles. The highest BCUT2D eigenvalue weighted by molar-refractivity contribution is 4.75. The molecule has 3 atom stereocenters. The van der Waals surface area contributed by atoms with E-state index < -0.39 is 0 Å². The topological polar surface area (TPSA) is 0 Å². The lowest BCUT2D eigenvalue weighted by atomic mass is 9.76. The van der Waals surface area contributed by atoms with Crippen molar-refractivity contribution < 1.29 is 0 Å². The van der Waals surface area contributed by atoms with E-state index in [1.807, 2.05) is 0 Å². The Morgan fingerprint density at radius 2 is 0.850 bits per heavy atom. The van der Waals surface area contributed by atoms with Crippen molar-refractivity contribution in [1.82, 2.24) is 0 Å². The monoisotopic (exact) mass is 562 g/mol. The molecule has 0 aliphatic heterocycles. The van der Waals surface area contributed by atoms with Gasteiger partial charge in [-0.25, -0.2) is 0 Å². The van der Waals surface area contributed by atoms with E-state index in [0.29, 0.717) is 11.3 Å². The van der Waals surface area contributed by atoms with Crippen LogP contribution in [0, 0.1) is 36.0 Å². The van der Waals surface area contributed by atoms with Crippen molar-refractivity contribution in [1.29, 1.82) is 0 Å². The summed E-state index contributed by atoms with van der Waals surface area (Å²) >= 11 is 0. The van der Waals surface area contributed by atoms with E-state index in [1.165, 1.54) is 173 Å². The maximum Gasteiger partial charge on any atom is -0.0352 e. The molecule has 0 aromatic heterocycles. The van der Waals surface area contributed by atoms with Crippen LogP contribution in [0.1, 0.15) is 222 Å². The molecule has 0 aliphatic rings. The Balaban J connectivity index is 3.49. The Hall–Kier alpha value is 0. The van der Waals surface area contributed by atoms with E-state index in [-0.39, 0.29) is 0 Å². The van der Waals surface area contributed by atoms with Crippen LogP contribution in [-0.2, 0) is 0 Å². The molecular formula is C40H81. The van der Waals surface area contributed by atoms with Crippen molar-refractivity contribution in [3.8, 4) is 0 Å². The second-order valence-corrected chi connectivity index (χ2v) is 15.6. The lowest BCUT2D eigenvalue weighted by molar-refractivity contribution is 0.228. The van der Waals surface area contributed by atoms with Gasteiger partial charge in [0.1, 0.15) is 0 Å². The normalized spacial score (nSPS) is 14.6. The van der Waals surface area contributed by atoms with Crippen LogP contribution >= 0.6 is 0 Å². The smallest absolute Gasteiger partial charge is 0.0352 e. The molecule has 0 aromatic rings. The minimum atomic E-state index is 0.507. The summed E-state index contributed by atoms with van der Waals surface area (Å²) in [4.78, 5) is 0. The summed E-state index contributed by atoms with van der Waals surface area (Å²) < 4.78 is 0. The molecule has 40 heavy (non-hydrogen) atoms. The fourth-order valence-electron chi connectivity index (χ4n) is 6.80. The zero-order valence-electron chi connectivity index (χ0n) is 29.6. The molecule has 0 aliphatic carbocycles. The minimum Gasteiger partial charge on any atom is -0.0654 e. The summed E-state index contributed by atoms with van der Waals surface area (Å²) in [5.41, 5.74) is 0.507. The van der Waals surface area contributed by atoms with Gasteiger partial charge in [-0.1, -0.05) is 203 Å². The van der Waals surface area contributed by atoms with Gasteiger partial charge in [-0.2, -0.15) is 0 Å². The van der Waals surface area contributed by atoms with Gasteiger partial charge >= 0.3 is 0 Å². The predicted molar refractivity (Wildman–Crippen MR) is 186 cm³/mol. The molecule has 241 valence electrons. The summed E-state index contributed by atoms with van der Waals surface area (Å²) in [6, 6.07) is 0. The lowest BCUT2D eigenvalue weighted by Gasteiger charge is -2.29. The fraction of sp³-hybridized carbons (Fsp3) is 0.975. The average Bonchev–Trinajstić information content (AvgIpc) is 2.90. The molecule has 0 saturated heterocycles. The van der Waals surface area contributed by atoms with Crippen LogP contribution in [0.15, 0.2) is 0 Å². The molecule has 0 saturated carbocycles. The molecule has 0 nitrogen and oxygen atoms in total. The Kier molecular flexibility index (Phi) is 27.8. The molecule has 0 bridgehead atoms. The molecule has 3 unspecified atom stereocenters. The first kappa shape index (κ1) is 40.0. The highest BCUT2D eigenvalue weighted by Crippen LogP contribution is 2.34. The molecule has 0 aromatic carbocycles. The molecule has 0 heteroatoms. The third kappa shape index (κ3) is 28.1. The largest absolute Gasteiger partial charge is 0.0654 e. The number of hydrogen-bond acceptors (Lipinski definition) is 0. The first-order chi connectivity index (χ1) is 19.2. The average molecular weight is 562 g/mol. The maximum absolute atomic E-state index is 4.52. The van der Waals surface area contributed by atoms with Crippen molar-refractivity contribution in [3.05, 3.63) is 6.92 Å². The summed E-state index contributed by atoms with van der Waals surface area (Å²) in [5, 5.41) is 0. The SMILES string of the molecule is [CH2]C(CCC(C)CC(C)(C)CCCCCCCCCCCCCCCCCCCCCCC)C(C)CCC(C)C. The molecule has 1 radical (unpaired) electrons. The Morgan fingerprint density at radius 1 is 0.475 bits per heavy atom. The van der Waals surface area contributed by atoms with Crippen molar-refractivity contribution in [2.75, 3.05) is 0 Å². The number of rotatable bonds is 31. The predicted octanol–water partition coefficient (Wildman–Crippen LogP) is 14.9. The first-order valence-electron chi connectivity index (χ1n) is 19.0. The van der Waals surface area contributed by atoms with E-state index in [1.54, 1.807) is 0 Å². The third-order valence-corrected chi connectivity index (χ3v) is 9.89. The van der Waals surface area contributed by atoms with Crippen LogP contribution in [-0.4, -0.2) is 0 Å². The summed E-state index contributed by atoms with van der Waals surface area (Å²) in [6.45, 7) is 21.5. The quantitative estimate of drug-likeness (QED) is 0.0738. The molecule has 0 spiro atoms. The summed E-state index contributed by atoms with van der Waals surface area (Å²) in [5.74, 6) is 3.08. The first-order valence-corrected chi connectivity index (χ1v) is 19.0. The fourth-order valence-corrected chi connectivity index (χ4v) is 6.80. The van der Waals surface area contributed by atoms with Gasteiger partial charge in [0.05, 0.1) is 0 Å². The molecule has 0 amide bonds. The Bertz CT molecular complexity index is 488. The van der Waals surface area contributed by atoms with E-state index in [9.17, 15) is 0 Å². The lowest BCUT2D eigenvalue weighted by Crippen LogP contribution is -2.17. The highest BCUT2D eigenvalue weighted by Gasteiger charge is 2.22. The minimum absolute atomic E-state index is 0.507. The van der Waals surface area contributed by atoms with Crippen LogP contribution in [0.4, 0.5) is 0 Å². The second kappa shape index (κ2) is 27.8. The van der Waals surface area contributed by atoms with Gasteiger partial charge in [0, 0.05) is 0 Å². The maximum atomic E-state index is 4.52. The number of unbranched alkanes of at least 4 members (excludes halogenated alkanes) is 20. The van der Waals surface area contributed by atoms with Crippen LogP contribution < -0.4 is 0 Å². The van der Waals surface area contributed by atoms with Crippen molar-refractivity contribution in [2.24, 2.45) is 29.1 Å². The van der Waals surface area contributed by atoms with E-state index >= 15 is 0 Å². The van der Waals surface area contributed by atoms with Gasteiger partial charge in [0.15, 0.2) is 0 Å². The Morgan fingerprint density at radius 3 is 1.23 bits per heavy atom. The molecular weight excluding hydrogens is 480 g/mol. The molecule has 0 rings (SSSR count).